The molecule has 1 saturated heterocycles. The van der Waals surface area contributed by atoms with Crippen molar-refractivity contribution in [1.82, 2.24) is 15.1 Å². The zero-order valence-electron chi connectivity index (χ0n) is 15.5. The number of carbonyl (C=O) groups is 2. The van der Waals surface area contributed by atoms with Gasteiger partial charge >= 0.3 is 0 Å². The number of nitrogens with one attached hydrogen (secondary N) is 1. The number of halogens is 1. The minimum atomic E-state index is -0.680. The highest BCUT2D eigenvalue weighted by molar-refractivity contribution is 6.00. The number of nitrogens with zero attached hydrogens (tertiary/aromatic N) is 2. The molecule has 3 heterocycles. The lowest BCUT2D eigenvalue weighted by molar-refractivity contribution is 0.0427. The Labute approximate surface area is 166 Å². The van der Waals surface area contributed by atoms with Gasteiger partial charge in [-0.15, -0.1) is 0 Å². The predicted octanol–water partition coefficient (Wildman–Crippen LogP) is 3.47. The van der Waals surface area contributed by atoms with E-state index in [1.54, 1.807) is 35.2 Å². The predicted molar refractivity (Wildman–Crippen MR) is 103 cm³/mol. The maximum Gasteiger partial charge on any atom is 0.272 e. The number of hydrogen-bond donors (Lipinski definition) is 1. The van der Waals surface area contributed by atoms with Crippen molar-refractivity contribution in [3.05, 3.63) is 71.7 Å². The van der Waals surface area contributed by atoms with Crippen LogP contribution in [0.4, 0.5) is 4.39 Å². The first-order valence-electron chi connectivity index (χ1n) is 9.45. The Hall–Kier alpha value is -3.48. The molecule has 1 N–H and O–H groups in total. The van der Waals surface area contributed by atoms with Crippen molar-refractivity contribution in [3.8, 4) is 17.0 Å². The number of aromatic amines is 1. The molecule has 1 fully saturated rings. The Morgan fingerprint density at radius 3 is 2.79 bits per heavy atom. The minimum Gasteiger partial charge on any atom is -0.484 e. The van der Waals surface area contributed by atoms with Crippen molar-refractivity contribution in [2.45, 2.75) is 18.4 Å². The highest BCUT2D eigenvalue weighted by atomic mass is 19.1. The third kappa shape index (κ3) is 3.08. The summed E-state index contributed by atoms with van der Waals surface area (Å²) in [7, 11) is 0. The van der Waals surface area contributed by atoms with E-state index >= 15 is 0 Å². The highest BCUT2D eigenvalue weighted by Crippen LogP contribution is 2.39. The molecular formula is C22H18FN3O3. The first kappa shape index (κ1) is 17.6. The molecule has 5 rings (SSSR count). The van der Waals surface area contributed by atoms with Crippen molar-refractivity contribution in [2.24, 2.45) is 0 Å². The van der Waals surface area contributed by atoms with Crippen molar-refractivity contribution in [1.29, 1.82) is 0 Å². The lowest BCUT2D eigenvalue weighted by Crippen LogP contribution is -2.45. The molecule has 2 aliphatic rings. The number of fused-ring (bicyclic) bond motifs is 1. The van der Waals surface area contributed by atoms with Gasteiger partial charge in [0.05, 0.1) is 24.2 Å². The monoisotopic (exact) mass is 391 g/mol. The van der Waals surface area contributed by atoms with Crippen LogP contribution in [0.5, 0.6) is 5.75 Å². The smallest absolute Gasteiger partial charge is 0.272 e. The van der Waals surface area contributed by atoms with Gasteiger partial charge in [0.1, 0.15) is 22.9 Å². The molecule has 7 heteroatoms. The molecule has 6 nitrogen and oxygen atoms in total. The summed E-state index contributed by atoms with van der Waals surface area (Å²) in [6.45, 7) is 0.843. The highest BCUT2D eigenvalue weighted by Gasteiger charge is 2.47. The molecule has 0 saturated carbocycles. The molecule has 1 atom stereocenters. The number of ether oxygens (including phenoxy) is 1. The Kier molecular flexibility index (Phi) is 3.97. The standard InChI is InChI=1S/C22H18FN3O3/c23-15-7-5-14(6-8-15)17-11-18(25-24-17)21(28)26-10-9-22(13-26)12-19(27)16-3-1-2-4-20(16)29-22/h1-8,11H,9-10,12-13H2,(H,24,25). The molecule has 1 spiro atoms. The molecule has 1 aromatic heterocycles. The molecule has 0 bridgehead atoms. The summed E-state index contributed by atoms with van der Waals surface area (Å²) < 4.78 is 19.3. The van der Waals surface area contributed by atoms with Gasteiger partial charge in [0, 0.05) is 18.5 Å². The number of rotatable bonds is 2. The number of Topliss-reactive ketones (excluding diaryl/α,β-unsaturated/α-hetero) is 1. The van der Waals surface area contributed by atoms with E-state index in [1.165, 1.54) is 12.1 Å². The summed E-state index contributed by atoms with van der Waals surface area (Å²) in [4.78, 5) is 27.2. The second kappa shape index (κ2) is 6.55. The third-order valence-electron chi connectivity index (χ3n) is 5.55. The topological polar surface area (TPSA) is 75.3 Å². The van der Waals surface area contributed by atoms with Gasteiger partial charge in [0.25, 0.3) is 5.91 Å². The Bertz CT molecular complexity index is 1110. The fourth-order valence-corrected chi connectivity index (χ4v) is 4.06. The van der Waals surface area contributed by atoms with E-state index in [2.05, 4.69) is 10.2 Å². The summed E-state index contributed by atoms with van der Waals surface area (Å²) in [6.07, 6.45) is 0.857. The Balaban J connectivity index is 1.34. The molecule has 1 unspecified atom stereocenters. The Morgan fingerprint density at radius 1 is 1.17 bits per heavy atom. The second-order valence-electron chi connectivity index (χ2n) is 7.53. The SMILES string of the molecule is O=C1CC2(CCN(C(=O)c3cc(-c4ccc(F)cc4)n[nH]3)C2)Oc2ccccc21. The van der Waals surface area contributed by atoms with Crippen LogP contribution in [0.15, 0.2) is 54.6 Å². The van der Waals surface area contributed by atoms with Crippen molar-refractivity contribution in [2.75, 3.05) is 13.1 Å². The van der Waals surface area contributed by atoms with Gasteiger partial charge in [-0.2, -0.15) is 5.10 Å². The number of carbonyl (C=O) groups excluding carboxylic acids is 2. The number of likely N-dealkylation sites (tertiary alicyclic amines) is 1. The lowest BCUT2D eigenvalue weighted by Gasteiger charge is -2.34. The molecule has 3 aromatic rings. The zero-order valence-corrected chi connectivity index (χ0v) is 15.5. The maximum absolute atomic E-state index is 13.1. The largest absolute Gasteiger partial charge is 0.484 e. The summed E-state index contributed by atoms with van der Waals surface area (Å²) in [5.41, 5.74) is 1.56. The number of benzene rings is 2. The van der Waals surface area contributed by atoms with Crippen LogP contribution in [0, 0.1) is 5.82 Å². The van der Waals surface area contributed by atoms with Crippen LogP contribution in [0.1, 0.15) is 33.7 Å². The molecule has 146 valence electrons. The maximum atomic E-state index is 13.1. The van der Waals surface area contributed by atoms with E-state index < -0.39 is 5.60 Å². The minimum absolute atomic E-state index is 0.0429. The van der Waals surface area contributed by atoms with Crippen LogP contribution >= 0.6 is 0 Å². The first-order chi connectivity index (χ1) is 14.0. The van der Waals surface area contributed by atoms with Crippen LogP contribution in [-0.4, -0.2) is 45.5 Å². The quantitative estimate of drug-likeness (QED) is 0.726. The zero-order chi connectivity index (χ0) is 20.0. The van der Waals surface area contributed by atoms with Crippen LogP contribution < -0.4 is 4.74 Å². The van der Waals surface area contributed by atoms with E-state index in [1.807, 2.05) is 12.1 Å². The second-order valence-corrected chi connectivity index (χ2v) is 7.53. The number of H-pyrrole nitrogens is 1. The van der Waals surface area contributed by atoms with Crippen LogP contribution in [-0.2, 0) is 0 Å². The van der Waals surface area contributed by atoms with E-state index in [4.69, 9.17) is 4.74 Å². The van der Waals surface area contributed by atoms with E-state index in [0.717, 1.165) is 5.56 Å². The average Bonchev–Trinajstić information content (AvgIpc) is 3.36. The molecule has 2 aromatic carbocycles. The van der Waals surface area contributed by atoms with Gasteiger partial charge in [-0.25, -0.2) is 4.39 Å². The van der Waals surface area contributed by atoms with Gasteiger partial charge in [-0.1, -0.05) is 12.1 Å². The third-order valence-corrected chi connectivity index (χ3v) is 5.55. The molecule has 0 radical (unpaired) electrons. The van der Waals surface area contributed by atoms with Gasteiger partial charge in [-0.05, 0) is 42.5 Å². The number of para-hydroxylation sites is 1. The van der Waals surface area contributed by atoms with Crippen molar-refractivity contribution >= 4 is 11.7 Å². The molecule has 0 aliphatic carbocycles. The van der Waals surface area contributed by atoms with Gasteiger partial charge in [-0.3, -0.25) is 14.7 Å². The normalized spacial score (nSPS) is 20.6. The van der Waals surface area contributed by atoms with Crippen LogP contribution in [0.25, 0.3) is 11.3 Å². The summed E-state index contributed by atoms with van der Waals surface area (Å²) in [5.74, 6) is 0.101. The molecular weight excluding hydrogens is 373 g/mol. The molecule has 1 amide bonds. The fraction of sp³-hybridized carbons (Fsp3) is 0.227. The number of amides is 1. The molecule has 29 heavy (non-hydrogen) atoms. The van der Waals surface area contributed by atoms with Gasteiger partial charge < -0.3 is 9.64 Å². The van der Waals surface area contributed by atoms with Crippen LogP contribution in [0.2, 0.25) is 0 Å². The Morgan fingerprint density at radius 2 is 1.97 bits per heavy atom. The molecule has 2 aliphatic heterocycles. The summed E-state index contributed by atoms with van der Waals surface area (Å²) >= 11 is 0. The van der Waals surface area contributed by atoms with E-state index in [-0.39, 0.29) is 23.9 Å². The first-order valence-corrected chi connectivity index (χ1v) is 9.45. The fourth-order valence-electron chi connectivity index (χ4n) is 4.06. The van der Waals surface area contributed by atoms with Gasteiger partial charge in [0.15, 0.2) is 5.78 Å². The number of aromatic nitrogens is 2. The number of hydrogen-bond acceptors (Lipinski definition) is 4. The van der Waals surface area contributed by atoms with E-state index in [9.17, 15) is 14.0 Å². The van der Waals surface area contributed by atoms with Gasteiger partial charge in [0.2, 0.25) is 0 Å². The lowest BCUT2D eigenvalue weighted by atomic mass is 9.89. The summed E-state index contributed by atoms with van der Waals surface area (Å²) in [5, 5.41) is 6.94. The number of ketones is 1. The van der Waals surface area contributed by atoms with Crippen molar-refractivity contribution < 1.29 is 18.7 Å². The van der Waals surface area contributed by atoms with Crippen molar-refractivity contribution in [3.63, 3.8) is 0 Å². The average molecular weight is 391 g/mol. The van der Waals surface area contributed by atoms with Crippen LogP contribution in [0.3, 0.4) is 0 Å². The summed E-state index contributed by atoms with van der Waals surface area (Å²) in [6, 6.07) is 14.8. The van der Waals surface area contributed by atoms with E-state index in [0.29, 0.717) is 42.2 Å².